The van der Waals surface area contributed by atoms with Crippen molar-refractivity contribution in [2.75, 3.05) is 25.5 Å². The van der Waals surface area contributed by atoms with Gasteiger partial charge >= 0.3 is 0 Å². The predicted molar refractivity (Wildman–Crippen MR) is 71.4 cm³/mol. The molecule has 0 spiro atoms. The van der Waals surface area contributed by atoms with Crippen LogP contribution in [0, 0.1) is 0 Å². The Morgan fingerprint density at radius 1 is 1.40 bits per heavy atom. The van der Waals surface area contributed by atoms with Gasteiger partial charge in [0.1, 0.15) is 6.61 Å². The highest BCUT2D eigenvalue weighted by atomic mass is 19.3. The van der Waals surface area contributed by atoms with Gasteiger partial charge in [-0.2, -0.15) is 0 Å². The van der Waals surface area contributed by atoms with E-state index in [9.17, 15) is 13.6 Å². The summed E-state index contributed by atoms with van der Waals surface area (Å²) in [7, 11) is 0. The molecule has 1 aromatic carbocycles. The van der Waals surface area contributed by atoms with Gasteiger partial charge < -0.3 is 15.4 Å². The molecular formula is C14H18F2N2O2. The van der Waals surface area contributed by atoms with Crippen LogP contribution in [-0.2, 0) is 22.5 Å². The molecule has 1 aliphatic heterocycles. The molecule has 4 nitrogen and oxygen atoms in total. The van der Waals surface area contributed by atoms with E-state index in [2.05, 4.69) is 0 Å². The molecular weight excluding hydrogens is 266 g/mol. The van der Waals surface area contributed by atoms with Crippen LogP contribution < -0.4 is 5.73 Å². The zero-order valence-electron chi connectivity index (χ0n) is 11.1. The summed E-state index contributed by atoms with van der Waals surface area (Å²) in [5.74, 6) is -0.0765. The van der Waals surface area contributed by atoms with Crippen molar-refractivity contribution in [3.63, 3.8) is 0 Å². The molecule has 2 rings (SSSR count). The van der Waals surface area contributed by atoms with Crippen molar-refractivity contribution in [3.05, 3.63) is 29.3 Å². The van der Waals surface area contributed by atoms with Crippen molar-refractivity contribution < 1.29 is 18.3 Å². The Kier molecular flexibility index (Phi) is 4.89. The summed E-state index contributed by atoms with van der Waals surface area (Å²) < 4.78 is 28.5. The van der Waals surface area contributed by atoms with Gasteiger partial charge in [0.15, 0.2) is 0 Å². The molecule has 0 atom stereocenters. The number of ether oxygens (including phenoxy) is 1. The van der Waals surface area contributed by atoms with E-state index in [1.165, 1.54) is 5.56 Å². The molecule has 1 aromatic rings. The van der Waals surface area contributed by atoms with Crippen molar-refractivity contribution >= 4 is 11.6 Å². The summed E-state index contributed by atoms with van der Waals surface area (Å²) in [4.78, 5) is 13.7. The average Bonchev–Trinajstić information content (AvgIpc) is 2.42. The Bertz CT molecular complexity index is 480. The van der Waals surface area contributed by atoms with Crippen LogP contribution in [-0.4, -0.2) is 37.0 Å². The summed E-state index contributed by atoms with van der Waals surface area (Å²) >= 11 is 0. The number of halogens is 2. The molecule has 2 N–H and O–H groups in total. The van der Waals surface area contributed by atoms with Crippen molar-refractivity contribution in [2.45, 2.75) is 25.8 Å². The second-order valence-electron chi connectivity index (χ2n) is 4.81. The number of rotatable bonds is 5. The number of benzene rings is 1. The van der Waals surface area contributed by atoms with Crippen LogP contribution in [0.25, 0.3) is 0 Å². The van der Waals surface area contributed by atoms with Crippen LogP contribution >= 0.6 is 0 Å². The fourth-order valence-corrected chi connectivity index (χ4v) is 2.28. The van der Waals surface area contributed by atoms with Crippen LogP contribution in [0.3, 0.4) is 0 Å². The van der Waals surface area contributed by atoms with E-state index in [0.717, 1.165) is 12.0 Å². The van der Waals surface area contributed by atoms with E-state index in [4.69, 9.17) is 10.5 Å². The number of anilines is 1. The van der Waals surface area contributed by atoms with Crippen LogP contribution in [0.1, 0.15) is 17.5 Å². The number of nitrogens with two attached hydrogens (primary N) is 1. The van der Waals surface area contributed by atoms with Crippen LogP contribution in [0.5, 0.6) is 0 Å². The molecule has 0 saturated heterocycles. The lowest BCUT2D eigenvalue weighted by molar-refractivity contribution is -0.133. The molecule has 1 amide bonds. The molecule has 1 heterocycles. The van der Waals surface area contributed by atoms with Crippen molar-refractivity contribution in [2.24, 2.45) is 0 Å². The number of carbonyl (C=O) groups is 1. The number of alkyl halides is 2. The van der Waals surface area contributed by atoms with E-state index in [-0.39, 0.29) is 18.9 Å². The quantitative estimate of drug-likeness (QED) is 0.663. The molecule has 6 heteroatoms. The first kappa shape index (κ1) is 14.7. The number of nitrogens with zero attached hydrogens (tertiary/aromatic N) is 1. The monoisotopic (exact) mass is 284 g/mol. The molecule has 0 radical (unpaired) electrons. The molecule has 0 saturated carbocycles. The lowest BCUT2D eigenvalue weighted by Gasteiger charge is -2.29. The SMILES string of the molecule is Nc1ccc2c(c1)CN(C(=O)CCOCC(F)F)CC2. The maximum Gasteiger partial charge on any atom is 0.261 e. The number of hydrogen-bond acceptors (Lipinski definition) is 3. The van der Waals surface area contributed by atoms with Gasteiger partial charge in [0, 0.05) is 18.8 Å². The second kappa shape index (κ2) is 6.65. The van der Waals surface area contributed by atoms with Crippen molar-refractivity contribution in [1.82, 2.24) is 4.90 Å². The number of carbonyl (C=O) groups excluding carboxylic acids is 1. The maximum absolute atomic E-state index is 12.0. The highest BCUT2D eigenvalue weighted by molar-refractivity contribution is 5.76. The second-order valence-corrected chi connectivity index (χ2v) is 4.81. The summed E-state index contributed by atoms with van der Waals surface area (Å²) in [5, 5.41) is 0. The van der Waals surface area contributed by atoms with Gasteiger partial charge in [0.25, 0.3) is 6.43 Å². The maximum atomic E-state index is 12.0. The Hall–Kier alpha value is -1.69. The van der Waals surface area contributed by atoms with E-state index < -0.39 is 13.0 Å². The molecule has 0 fully saturated rings. The fourth-order valence-electron chi connectivity index (χ4n) is 2.28. The molecule has 110 valence electrons. The van der Waals surface area contributed by atoms with Gasteiger partial charge in [0.2, 0.25) is 5.91 Å². The van der Waals surface area contributed by atoms with Crippen LogP contribution in [0.15, 0.2) is 18.2 Å². The topological polar surface area (TPSA) is 55.6 Å². The van der Waals surface area contributed by atoms with Gasteiger partial charge in [-0.3, -0.25) is 4.79 Å². The summed E-state index contributed by atoms with van der Waals surface area (Å²) in [5.41, 5.74) is 8.67. The van der Waals surface area contributed by atoms with Crippen molar-refractivity contribution in [3.8, 4) is 0 Å². The zero-order valence-corrected chi connectivity index (χ0v) is 11.1. The number of nitrogen functional groups attached to an aromatic ring is 1. The first-order valence-corrected chi connectivity index (χ1v) is 6.57. The van der Waals surface area contributed by atoms with E-state index >= 15 is 0 Å². The summed E-state index contributed by atoms with van der Waals surface area (Å²) in [6.07, 6.45) is -1.57. The van der Waals surface area contributed by atoms with Gasteiger partial charge in [-0.05, 0) is 29.7 Å². The van der Waals surface area contributed by atoms with E-state index in [0.29, 0.717) is 18.8 Å². The lowest BCUT2D eigenvalue weighted by atomic mass is 9.99. The van der Waals surface area contributed by atoms with Gasteiger partial charge in [-0.15, -0.1) is 0 Å². The van der Waals surface area contributed by atoms with E-state index in [1.807, 2.05) is 18.2 Å². The molecule has 0 aliphatic carbocycles. The molecule has 1 aliphatic rings. The smallest absolute Gasteiger partial charge is 0.261 e. The fraction of sp³-hybridized carbons (Fsp3) is 0.500. The highest BCUT2D eigenvalue weighted by Gasteiger charge is 2.20. The Balaban J connectivity index is 1.84. The van der Waals surface area contributed by atoms with Gasteiger partial charge in [-0.25, -0.2) is 8.78 Å². The lowest BCUT2D eigenvalue weighted by Crippen LogP contribution is -2.36. The summed E-state index contributed by atoms with van der Waals surface area (Å²) in [6.45, 7) is 0.578. The molecule has 0 unspecified atom stereocenters. The zero-order chi connectivity index (χ0) is 14.5. The highest BCUT2D eigenvalue weighted by Crippen LogP contribution is 2.21. The van der Waals surface area contributed by atoms with Crippen molar-refractivity contribution in [1.29, 1.82) is 0 Å². The number of amides is 1. The van der Waals surface area contributed by atoms with E-state index in [1.54, 1.807) is 4.90 Å². The third kappa shape index (κ3) is 3.90. The standard InChI is InChI=1S/C14H18F2N2O2/c15-13(16)9-20-6-4-14(19)18-5-3-10-1-2-12(17)7-11(10)8-18/h1-2,7,13H,3-6,8-9,17H2. The minimum Gasteiger partial charge on any atom is -0.399 e. The number of hydrogen-bond donors (Lipinski definition) is 1. The van der Waals surface area contributed by atoms with Gasteiger partial charge in [-0.1, -0.05) is 6.07 Å². The first-order valence-electron chi connectivity index (χ1n) is 6.57. The summed E-state index contributed by atoms with van der Waals surface area (Å²) in [6, 6.07) is 5.72. The third-order valence-corrected chi connectivity index (χ3v) is 3.30. The Morgan fingerprint density at radius 3 is 2.95 bits per heavy atom. The minimum atomic E-state index is -2.49. The third-order valence-electron chi connectivity index (χ3n) is 3.30. The molecule has 0 aromatic heterocycles. The normalized spacial score (nSPS) is 14.4. The molecule has 20 heavy (non-hydrogen) atoms. The number of fused-ring (bicyclic) bond motifs is 1. The average molecular weight is 284 g/mol. The predicted octanol–water partition coefficient (Wildman–Crippen LogP) is 1.83. The largest absolute Gasteiger partial charge is 0.399 e. The van der Waals surface area contributed by atoms with Gasteiger partial charge in [0.05, 0.1) is 13.0 Å². The Morgan fingerprint density at radius 2 is 2.20 bits per heavy atom. The first-order chi connectivity index (χ1) is 9.56. The molecule has 0 bridgehead atoms. The minimum absolute atomic E-state index is 0.0312. The van der Waals surface area contributed by atoms with Crippen LogP contribution in [0.4, 0.5) is 14.5 Å². The Labute approximate surface area is 116 Å². The van der Waals surface area contributed by atoms with Crippen LogP contribution in [0.2, 0.25) is 0 Å².